The van der Waals surface area contributed by atoms with Crippen molar-refractivity contribution in [2.75, 3.05) is 0 Å². The van der Waals surface area contributed by atoms with Crippen LogP contribution in [0.25, 0.3) is 0 Å². The number of hydrogen-bond acceptors (Lipinski definition) is 2. The fourth-order valence-electron chi connectivity index (χ4n) is 6.13. The Morgan fingerprint density at radius 3 is 2.26 bits per heavy atom. The molecule has 2 N–H and O–H groups in total. The van der Waals surface area contributed by atoms with Gasteiger partial charge in [0.25, 0.3) is 0 Å². The summed E-state index contributed by atoms with van der Waals surface area (Å²) in [5, 5.41) is 12.4. The van der Waals surface area contributed by atoms with Gasteiger partial charge in [0.1, 0.15) is 0 Å². The Morgan fingerprint density at radius 2 is 1.65 bits per heavy atom. The molecule has 0 heterocycles. The first kappa shape index (κ1) is 30.5. The van der Waals surface area contributed by atoms with Gasteiger partial charge < -0.3 is 10.7 Å². The molecule has 194 valence electrons. The molecule has 2 fully saturated rings. The molecule has 0 bridgehead atoms. The van der Waals surface area contributed by atoms with Gasteiger partial charge >= 0.3 is 0 Å². The maximum atomic E-state index is 8.67. The fourth-order valence-corrected chi connectivity index (χ4v) is 6.13. The molecule has 0 saturated heterocycles. The third-order valence-electron chi connectivity index (χ3n) is 8.03. The van der Waals surface area contributed by atoms with Crippen LogP contribution < -0.4 is 5.32 Å². The number of nitrogens with one attached hydrogen (secondary N) is 2. The molecule has 0 aromatic heterocycles. The molecular weight excluding hydrogens is 412 g/mol. The summed E-state index contributed by atoms with van der Waals surface area (Å²) in [5.74, 6) is 2.50. The van der Waals surface area contributed by atoms with Crippen molar-refractivity contribution in [2.45, 2.75) is 124 Å². The van der Waals surface area contributed by atoms with Gasteiger partial charge in [-0.15, -0.1) is 0 Å². The standard InChI is InChI=1S/C30H50N2.C2H6/c1-6-8-10-14-24(4)32-28-18-13-17-27(21-28)22-30(25(5)31)29(23(3)7-2)20-19-26-15-11-9-12-16-26;1-2/h6,8,10,14,26-32H,1,3,7,9,11-13,15-22H2,2,4-5H3;1-2H3/b10-8-,24-14+,31-25?;. The third kappa shape index (κ3) is 11.2. The van der Waals surface area contributed by atoms with Gasteiger partial charge in [0, 0.05) is 23.4 Å². The smallest absolute Gasteiger partial charge is 0.0260 e. The Labute approximate surface area is 213 Å². The summed E-state index contributed by atoms with van der Waals surface area (Å²) in [6, 6.07) is 0.559. The zero-order valence-corrected chi connectivity index (χ0v) is 23.3. The Hall–Kier alpha value is -1.57. The van der Waals surface area contributed by atoms with E-state index in [-0.39, 0.29) is 0 Å². The van der Waals surface area contributed by atoms with Crippen LogP contribution in [-0.4, -0.2) is 11.8 Å². The maximum absolute atomic E-state index is 8.67. The van der Waals surface area contributed by atoms with Crippen molar-refractivity contribution in [3.05, 3.63) is 48.7 Å². The Bertz CT molecular complexity index is 650. The topological polar surface area (TPSA) is 35.9 Å². The molecule has 2 rings (SSSR count). The summed E-state index contributed by atoms with van der Waals surface area (Å²) in [4.78, 5) is 0. The summed E-state index contributed by atoms with van der Waals surface area (Å²) in [6.45, 7) is 18.7. The van der Waals surface area contributed by atoms with Crippen LogP contribution in [0.4, 0.5) is 0 Å². The zero-order chi connectivity index (χ0) is 25.3. The van der Waals surface area contributed by atoms with Gasteiger partial charge in [-0.1, -0.05) is 103 Å². The molecule has 4 atom stereocenters. The molecule has 0 aliphatic heterocycles. The second-order valence-electron chi connectivity index (χ2n) is 10.6. The van der Waals surface area contributed by atoms with Crippen LogP contribution in [0, 0.1) is 29.1 Å². The van der Waals surface area contributed by atoms with Crippen molar-refractivity contribution >= 4 is 5.71 Å². The van der Waals surface area contributed by atoms with Crippen LogP contribution in [0.1, 0.15) is 118 Å². The Kier molecular flexibility index (Phi) is 16.0. The van der Waals surface area contributed by atoms with E-state index in [4.69, 9.17) is 5.41 Å². The van der Waals surface area contributed by atoms with Crippen molar-refractivity contribution in [1.29, 1.82) is 5.41 Å². The number of allylic oxidation sites excluding steroid dienone is 6. The highest BCUT2D eigenvalue weighted by molar-refractivity contribution is 5.81. The van der Waals surface area contributed by atoms with Crippen molar-refractivity contribution in [1.82, 2.24) is 5.32 Å². The lowest BCUT2D eigenvalue weighted by Crippen LogP contribution is -2.35. The molecule has 4 unspecified atom stereocenters. The van der Waals surface area contributed by atoms with E-state index in [2.05, 4.69) is 51.4 Å². The van der Waals surface area contributed by atoms with Gasteiger partial charge in [0.15, 0.2) is 0 Å². The molecule has 0 aromatic rings. The quantitative estimate of drug-likeness (QED) is 0.157. The van der Waals surface area contributed by atoms with E-state index in [1.807, 2.05) is 26.0 Å². The van der Waals surface area contributed by atoms with Crippen molar-refractivity contribution in [2.24, 2.45) is 23.7 Å². The van der Waals surface area contributed by atoms with Crippen LogP contribution in [0.5, 0.6) is 0 Å². The van der Waals surface area contributed by atoms with Gasteiger partial charge in [-0.25, -0.2) is 0 Å². The monoisotopic (exact) mass is 468 g/mol. The van der Waals surface area contributed by atoms with E-state index < -0.39 is 0 Å². The van der Waals surface area contributed by atoms with Crippen molar-refractivity contribution < 1.29 is 0 Å². The average molecular weight is 469 g/mol. The second kappa shape index (κ2) is 17.8. The second-order valence-corrected chi connectivity index (χ2v) is 10.6. The van der Waals surface area contributed by atoms with Gasteiger partial charge in [0.05, 0.1) is 0 Å². The van der Waals surface area contributed by atoms with Crippen LogP contribution in [0.3, 0.4) is 0 Å². The Morgan fingerprint density at radius 1 is 0.971 bits per heavy atom. The highest BCUT2D eigenvalue weighted by Crippen LogP contribution is 2.39. The fraction of sp³-hybridized carbons (Fsp3) is 0.719. The summed E-state index contributed by atoms with van der Waals surface area (Å²) in [5.41, 5.74) is 3.50. The molecule has 2 saturated carbocycles. The lowest BCUT2D eigenvalue weighted by molar-refractivity contribution is 0.237. The number of hydrogen-bond donors (Lipinski definition) is 2. The molecule has 0 amide bonds. The minimum atomic E-state index is 0.377. The van der Waals surface area contributed by atoms with Crippen molar-refractivity contribution in [3.8, 4) is 0 Å². The van der Waals surface area contributed by atoms with Crippen molar-refractivity contribution in [3.63, 3.8) is 0 Å². The third-order valence-corrected chi connectivity index (χ3v) is 8.03. The molecule has 0 spiro atoms. The summed E-state index contributed by atoms with van der Waals surface area (Å²) in [7, 11) is 0. The van der Waals surface area contributed by atoms with E-state index in [1.54, 1.807) is 0 Å². The number of rotatable bonds is 13. The molecule has 2 aliphatic carbocycles. The highest BCUT2D eigenvalue weighted by atomic mass is 14.9. The first-order valence-electron chi connectivity index (χ1n) is 14.4. The maximum Gasteiger partial charge on any atom is 0.0260 e. The van der Waals surface area contributed by atoms with Crippen LogP contribution in [-0.2, 0) is 0 Å². The minimum absolute atomic E-state index is 0.377. The first-order chi connectivity index (χ1) is 16.4. The van der Waals surface area contributed by atoms with Crippen LogP contribution >= 0.6 is 0 Å². The summed E-state index contributed by atoms with van der Waals surface area (Å²) < 4.78 is 0. The van der Waals surface area contributed by atoms with E-state index in [0.717, 1.165) is 18.1 Å². The lowest BCUT2D eigenvalue weighted by atomic mass is 9.71. The molecule has 34 heavy (non-hydrogen) atoms. The largest absolute Gasteiger partial charge is 0.386 e. The molecule has 2 heteroatoms. The molecule has 2 aliphatic rings. The summed E-state index contributed by atoms with van der Waals surface area (Å²) in [6.07, 6.45) is 25.0. The van der Waals surface area contributed by atoms with E-state index >= 15 is 0 Å². The Balaban J connectivity index is 0.00000281. The van der Waals surface area contributed by atoms with Gasteiger partial charge in [0.2, 0.25) is 0 Å². The molecular formula is C32H56N2. The predicted molar refractivity (Wildman–Crippen MR) is 154 cm³/mol. The zero-order valence-electron chi connectivity index (χ0n) is 23.3. The van der Waals surface area contributed by atoms with Gasteiger partial charge in [-0.3, -0.25) is 0 Å². The SMILES string of the molecule is C=C/C=C\C=C(/C)NC1CCCC(CC(C(C)=N)C(CCC2CCCCC2)C(=C)CC)C1.CC. The lowest BCUT2D eigenvalue weighted by Gasteiger charge is -2.36. The van der Waals surface area contributed by atoms with E-state index in [0.29, 0.717) is 23.8 Å². The van der Waals surface area contributed by atoms with E-state index in [1.165, 1.54) is 88.3 Å². The highest BCUT2D eigenvalue weighted by Gasteiger charge is 2.31. The molecule has 0 radical (unpaired) electrons. The average Bonchev–Trinajstić information content (AvgIpc) is 2.85. The van der Waals surface area contributed by atoms with Crippen LogP contribution in [0.2, 0.25) is 0 Å². The predicted octanol–water partition coefficient (Wildman–Crippen LogP) is 9.80. The van der Waals surface area contributed by atoms with Crippen LogP contribution in [0.15, 0.2) is 48.7 Å². The first-order valence-corrected chi connectivity index (χ1v) is 14.4. The molecule has 0 aromatic carbocycles. The normalized spacial score (nSPS) is 23.5. The van der Waals surface area contributed by atoms with E-state index in [9.17, 15) is 0 Å². The minimum Gasteiger partial charge on any atom is -0.386 e. The molecule has 2 nitrogen and oxygen atoms in total. The van der Waals surface area contributed by atoms with Gasteiger partial charge in [-0.2, -0.15) is 0 Å². The van der Waals surface area contributed by atoms with Gasteiger partial charge in [-0.05, 0) is 76.2 Å². The summed E-state index contributed by atoms with van der Waals surface area (Å²) >= 11 is 0.